The first-order valence-electron chi connectivity index (χ1n) is 6.86. The number of pyridine rings is 1. The van der Waals surface area contributed by atoms with Crippen LogP contribution in [0.1, 0.15) is 32.6 Å². The normalized spacial score (nSPS) is 15.9. The fraction of sp³-hybridized carbons (Fsp3) is 0.615. The van der Waals surface area contributed by atoms with E-state index in [-0.39, 0.29) is 10.6 Å². The van der Waals surface area contributed by atoms with Crippen molar-refractivity contribution in [2.45, 2.75) is 32.6 Å². The third kappa shape index (κ3) is 3.56. The number of hydrogen-bond donors (Lipinski definition) is 1. The topological polar surface area (TPSA) is 71.3 Å². The lowest BCUT2D eigenvalue weighted by atomic mass is 10.2. The third-order valence-electron chi connectivity index (χ3n) is 3.30. The van der Waals surface area contributed by atoms with Crippen molar-refractivity contribution in [1.82, 2.24) is 4.98 Å². The minimum atomic E-state index is -0.357. The van der Waals surface area contributed by atoms with E-state index in [1.807, 2.05) is 6.92 Å². The summed E-state index contributed by atoms with van der Waals surface area (Å²) < 4.78 is 0. The van der Waals surface area contributed by atoms with Crippen molar-refractivity contribution in [3.8, 4) is 0 Å². The second-order valence-corrected chi connectivity index (χ2v) is 4.76. The van der Waals surface area contributed by atoms with E-state index in [1.54, 1.807) is 6.07 Å². The zero-order valence-electron chi connectivity index (χ0n) is 11.3. The molecule has 1 aliphatic heterocycles. The van der Waals surface area contributed by atoms with Crippen molar-refractivity contribution in [3.63, 3.8) is 0 Å². The predicted octanol–water partition coefficient (Wildman–Crippen LogP) is 2.80. The van der Waals surface area contributed by atoms with Gasteiger partial charge in [-0.3, -0.25) is 10.1 Å². The molecule has 0 spiro atoms. The molecule has 0 aromatic carbocycles. The maximum absolute atomic E-state index is 11.0. The lowest BCUT2D eigenvalue weighted by Gasteiger charge is -2.21. The largest absolute Gasteiger partial charge is 0.370 e. The standard InChI is InChI=1S/C13H20N4O2/c1-2-14-12-9-11(17(18)19)10-13(15-12)16-7-5-3-4-6-8-16/h9-10H,2-8H2,1H3,(H,14,15). The van der Waals surface area contributed by atoms with Crippen LogP contribution in [0.2, 0.25) is 0 Å². The number of nitrogens with one attached hydrogen (secondary N) is 1. The smallest absolute Gasteiger partial charge is 0.276 e. The molecule has 1 fully saturated rings. The molecular weight excluding hydrogens is 244 g/mol. The monoisotopic (exact) mass is 264 g/mol. The Morgan fingerprint density at radius 2 is 2.00 bits per heavy atom. The Morgan fingerprint density at radius 1 is 1.32 bits per heavy atom. The van der Waals surface area contributed by atoms with Crippen LogP contribution in [-0.2, 0) is 0 Å². The highest BCUT2D eigenvalue weighted by Crippen LogP contribution is 2.25. The molecule has 6 heteroatoms. The van der Waals surface area contributed by atoms with Crippen LogP contribution in [0, 0.1) is 10.1 Å². The maximum atomic E-state index is 11.0. The van der Waals surface area contributed by atoms with Gasteiger partial charge in [-0.1, -0.05) is 12.8 Å². The van der Waals surface area contributed by atoms with Gasteiger partial charge in [-0.2, -0.15) is 0 Å². The lowest BCUT2D eigenvalue weighted by Crippen LogP contribution is -2.25. The van der Waals surface area contributed by atoms with Gasteiger partial charge < -0.3 is 10.2 Å². The molecular formula is C13H20N4O2. The second kappa shape index (κ2) is 6.36. The quantitative estimate of drug-likeness (QED) is 0.668. The molecule has 2 rings (SSSR count). The van der Waals surface area contributed by atoms with Crippen LogP contribution in [0.15, 0.2) is 12.1 Å². The first-order valence-corrected chi connectivity index (χ1v) is 6.86. The Labute approximate surface area is 113 Å². The Balaban J connectivity index is 2.28. The number of aromatic nitrogens is 1. The average Bonchev–Trinajstić information content (AvgIpc) is 2.67. The van der Waals surface area contributed by atoms with E-state index < -0.39 is 0 Å². The molecule has 0 saturated carbocycles. The van der Waals surface area contributed by atoms with E-state index in [9.17, 15) is 10.1 Å². The van der Waals surface area contributed by atoms with Crippen LogP contribution in [-0.4, -0.2) is 29.5 Å². The number of rotatable bonds is 4. The summed E-state index contributed by atoms with van der Waals surface area (Å²) in [7, 11) is 0. The maximum Gasteiger partial charge on any atom is 0.276 e. The molecule has 1 N–H and O–H groups in total. The van der Waals surface area contributed by atoms with Crippen LogP contribution in [0.25, 0.3) is 0 Å². The molecule has 1 aromatic rings. The molecule has 6 nitrogen and oxygen atoms in total. The van der Waals surface area contributed by atoms with Crippen molar-refractivity contribution >= 4 is 17.3 Å². The van der Waals surface area contributed by atoms with Crippen LogP contribution >= 0.6 is 0 Å². The molecule has 0 atom stereocenters. The fourth-order valence-electron chi connectivity index (χ4n) is 2.34. The predicted molar refractivity (Wildman–Crippen MR) is 75.7 cm³/mol. The van der Waals surface area contributed by atoms with Gasteiger partial charge in [0.2, 0.25) is 0 Å². The van der Waals surface area contributed by atoms with Crippen LogP contribution in [0.4, 0.5) is 17.3 Å². The third-order valence-corrected chi connectivity index (χ3v) is 3.30. The van der Waals surface area contributed by atoms with E-state index in [1.165, 1.54) is 18.9 Å². The van der Waals surface area contributed by atoms with Gasteiger partial charge in [-0.05, 0) is 19.8 Å². The van der Waals surface area contributed by atoms with Crippen LogP contribution < -0.4 is 10.2 Å². The summed E-state index contributed by atoms with van der Waals surface area (Å²) in [6.45, 7) is 4.51. The van der Waals surface area contributed by atoms with Crippen molar-refractivity contribution < 1.29 is 4.92 Å². The highest BCUT2D eigenvalue weighted by atomic mass is 16.6. The van der Waals surface area contributed by atoms with E-state index in [0.29, 0.717) is 18.2 Å². The van der Waals surface area contributed by atoms with Gasteiger partial charge in [-0.25, -0.2) is 4.98 Å². The minimum absolute atomic E-state index is 0.102. The van der Waals surface area contributed by atoms with Crippen LogP contribution in [0.5, 0.6) is 0 Å². The molecule has 0 unspecified atom stereocenters. The summed E-state index contributed by atoms with van der Waals surface area (Å²) in [6, 6.07) is 3.07. The summed E-state index contributed by atoms with van der Waals surface area (Å²) in [4.78, 5) is 17.3. The van der Waals surface area contributed by atoms with Gasteiger partial charge in [0.25, 0.3) is 5.69 Å². The summed E-state index contributed by atoms with van der Waals surface area (Å²) in [5.41, 5.74) is 0.102. The number of nitrogens with zero attached hydrogens (tertiary/aromatic N) is 3. The molecule has 2 heterocycles. The van der Waals surface area contributed by atoms with Gasteiger partial charge >= 0.3 is 0 Å². The highest BCUT2D eigenvalue weighted by Gasteiger charge is 2.16. The Kier molecular flexibility index (Phi) is 4.54. The van der Waals surface area contributed by atoms with Crippen molar-refractivity contribution in [2.75, 3.05) is 29.9 Å². The molecule has 1 aromatic heterocycles. The van der Waals surface area contributed by atoms with Crippen molar-refractivity contribution in [2.24, 2.45) is 0 Å². The molecule has 0 bridgehead atoms. The van der Waals surface area contributed by atoms with Crippen molar-refractivity contribution in [1.29, 1.82) is 0 Å². The zero-order chi connectivity index (χ0) is 13.7. The van der Waals surface area contributed by atoms with Gasteiger partial charge in [0, 0.05) is 19.6 Å². The Bertz CT molecular complexity index is 442. The van der Waals surface area contributed by atoms with Crippen LogP contribution in [0.3, 0.4) is 0 Å². The molecule has 0 aliphatic carbocycles. The fourth-order valence-corrected chi connectivity index (χ4v) is 2.34. The molecule has 0 radical (unpaired) electrons. The SMILES string of the molecule is CCNc1cc([N+](=O)[O-])cc(N2CCCCCC2)n1. The molecule has 1 aliphatic rings. The molecule has 104 valence electrons. The second-order valence-electron chi connectivity index (χ2n) is 4.76. The van der Waals surface area contributed by atoms with Gasteiger partial charge in [0.05, 0.1) is 17.1 Å². The molecule has 19 heavy (non-hydrogen) atoms. The highest BCUT2D eigenvalue weighted by molar-refractivity contribution is 5.56. The number of anilines is 2. The summed E-state index contributed by atoms with van der Waals surface area (Å²) in [5.74, 6) is 1.29. The van der Waals surface area contributed by atoms with E-state index in [2.05, 4.69) is 15.2 Å². The van der Waals surface area contributed by atoms with E-state index >= 15 is 0 Å². The first-order chi connectivity index (χ1) is 9.20. The zero-order valence-corrected chi connectivity index (χ0v) is 11.3. The summed E-state index contributed by atoms with van der Waals surface area (Å²) in [5, 5.41) is 14.0. The van der Waals surface area contributed by atoms with E-state index in [0.717, 1.165) is 25.9 Å². The summed E-state index contributed by atoms with van der Waals surface area (Å²) in [6.07, 6.45) is 4.71. The Morgan fingerprint density at radius 3 is 2.58 bits per heavy atom. The van der Waals surface area contributed by atoms with Gasteiger partial charge in [0.1, 0.15) is 11.6 Å². The molecule has 1 saturated heterocycles. The minimum Gasteiger partial charge on any atom is -0.370 e. The number of nitro groups is 1. The number of hydrogen-bond acceptors (Lipinski definition) is 5. The summed E-state index contributed by atoms with van der Waals surface area (Å²) >= 11 is 0. The first kappa shape index (κ1) is 13.6. The van der Waals surface area contributed by atoms with Crippen molar-refractivity contribution in [3.05, 3.63) is 22.2 Å². The van der Waals surface area contributed by atoms with Gasteiger partial charge in [0.15, 0.2) is 0 Å². The molecule has 0 amide bonds. The lowest BCUT2D eigenvalue weighted by molar-refractivity contribution is -0.384. The Hall–Kier alpha value is -1.85. The van der Waals surface area contributed by atoms with Gasteiger partial charge in [-0.15, -0.1) is 0 Å². The average molecular weight is 264 g/mol. The van der Waals surface area contributed by atoms with E-state index in [4.69, 9.17) is 0 Å².